The van der Waals surface area contributed by atoms with E-state index < -0.39 is 0 Å². The Morgan fingerprint density at radius 2 is 1.97 bits per heavy atom. The zero-order valence-electron chi connectivity index (χ0n) is 17.7. The second-order valence-corrected chi connectivity index (χ2v) is 10.2. The highest BCUT2D eigenvalue weighted by Gasteiger charge is 2.31. The van der Waals surface area contributed by atoms with Crippen LogP contribution in [0.4, 0.5) is 5.82 Å². The number of hydrogen-bond donors (Lipinski definition) is 1. The van der Waals surface area contributed by atoms with Crippen LogP contribution < -0.4 is 5.32 Å². The molecule has 5 rings (SSSR count). The number of nitrogens with zero attached hydrogens (tertiary/aromatic N) is 4. The van der Waals surface area contributed by atoms with Crippen molar-refractivity contribution < 1.29 is 4.74 Å². The Hall–Kier alpha value is -1.99. The molecule has 0 atom stereocenters. The molecule has 1 aliphatic carbocycles. The third-order valence-corrected chi connectivity index (χ3v) is 7.16. The molecule has 0 aromatic carbocycles. The second kappa shape index (κ2) is 7.06. The molecular weight excluding hydrogens is 382 g/mol. The predicted molar refractivity (Wildman–Crippen MR) is 117 cm³/mol. The van der Waals surface area contributed by atoms with E-state index in [9.17, 15) is 0 Å². The van der Waals surface area contributed by atoms with Crippen molar-refractivity contribution in [2.75, 3.05) is 5.32 Å². The molecule has 0 bridgehead atoms. The molecule has 1 saturated carbocycles. The van der Waals surface area contributed by atoms with E-state index in [0.29, 0.717) is 18.6 Å². The number of rotatable bonds is 3. The summed E-state index contributed by atoms with van der Waals surface area (Å²) in [4.78, 5) is 12.3. The molecule has 0 saturated heterocycles. The van der Waals surface area contributed by atoms with E-state index in [-0.39, 0.29) is 5.60 Å². The van der Waals surface area contributed by atoms with E-state index in [1.165, 1.54) is 47.9 Å². The molecule has 0 radical (unpaired) electrons. The van der Waals surface area contributed by atoms with Gasteiger partial charge >= 0.3 is 0 Å². The number of hydrogen-bond acceptors (Lipinski definition) is 6. The summed E-state index contributed by atoms with van der Waals surface area (Å²) in [5, 5.41) is 9.61. The lowest BCUT2D eigenvalue weighted by Gasteiger charge is -2.30. The first-order chi connectivity index (χ1) is 13.9. The zero-order valence-corrected chi connectivity index (χ0v) is 18.5. The lowest BCUT2D eigenvalue weighted by molar-refractivity contribution is -0.0379. The number of nitrogens with one attached hydrogen (secondary N) is 1. The van der Waals surface area contributed by atoms with E-state index in [2.05, 4.69) is 37.3 Å². The van der Waals surface area contributed by atoms with Crippen molar-refractivity contribution >= 4 is 27.4 Å². The summed E-state index contributed by atoms with van der Waals surface area (Å²) in [6.45, 7) is 9.04. The van der Waals surface area contributed by atoms with Gasteiger partial charge in [0.15, 0.2) is 0 Å². The fourth-order valence-electron chi connectivity index (χ4n) is 4.60. The summed E-state index contributed by atoms with van der Waals surface area (Å²) < 4.78 is 7.93. The Labute approximate surface area is 175 Å². The lowest BCUT2D eigenvalue weighted by Crippen LogP contribution is -2.31. The van der Waals surface area contributed by atoms with Crippen molar-refractivity contribution in [3.05, 3.63) is 27.9 Å². The average Bonchev–Trinajstić information content (AvgIpc) is 3.20. The monoisotopic (exact) mass is 411 g/mol. The highest BCUT2D eigenvalue weighted by atomic mass is 32.1. The van der Waals surface area contributed by atoms with E-state index in [1.807, 2.05) is 11.6 Å². The molecule has 0 spiro atoms. The predicted octanol–water partition coefficient (Wildman–Crippen LogP) is 5.09. The first-order valence-electron chi connectivity index (χ1n) is 10.7. The minimum absolute atomic E-state index is 0.155. The quantitative estimate of drug-likeness (QED) is 0.650. The van der Waals surface area contributed by atoms with Crippen molar-refractivity contribution in [1.82, 2.24) is 19.7 Å². The minimum atomic E-state index is -0.155. The van der Waals surface area contributed by atoms with Gasteiger partial charge in [0.05, 0.1) is 23.3 Å². The summed E-state index contributed by atoms with van der Waals surface area (Å²) in [6.07, 6.45) is 7.24. The Balaban J connectivity index is 1.66. The smallest absolute Gasteiger partial charge is 0.254 e. The molecule has 1 aliphatic heterocycles. The molecule has 6 nitrogen and oxygen atoms in total. The second-order valence-electron chi connectivity index (χ2n) is 9.10. The molecule has 1 N–H and O–H groups in total. The van der Waals surface area contributed by atoms with Crippen molar-refractivity contribution in [2.45, 2.75) is 84.5 Å². The van der Waals surface area contributed by atoms with Gasteiger partial charge in [0.1, 0.15) is 10.6 Å². The molecule has 4 heterocycles. The standard InChI is InChI=1S/C22H29N5OS/c1-13-10-14(2)27(26-13)21-24-19(23-15-8-6-5-7-9-15)18-16-11-22(3,4)28-12-17(16)29-20(18)25-21/h10,15H,5-9,11-12H2,1-4H3,(H,23,24,25). The van der Waals surface area contributed by atoms with Gasteiger partial charge in [-0.25, -0.2) is 4.68 Å². The molecule has 7 heteroatoms. The maximum atomic E-state index is 6.07. The van der Waals surface area contributed by atoms with Gasteiger partial charge in [-0.15, -0.1) is 11.3 Å². The molecule has 154 valence electrons. The number of fused-ring (bicyclic) bond motifs is 3. The van der Waals surface area contributed by atoms with Crippen LogP contribution in [0.3, 0.4) is 0 Å². The molecule has 3 aromatic rings. The van der Waals surface area contributed by atoms with Crippen molar-refractivity contribution in [1.29, 1.82) is 0 Å². The average molecular weight is 412 g/mol. The normalized spacial score (nSPS) is 19.4. The molecule has 0 amide bonds. The summed E-state index contributed by atoms with van der Waals surface area (Å²) in [5.74, 6) is 1.62. The summed E-state index contributed by atoms with van der Waals surface area (Å²) in [5.41, 5.74) is 3.24. The molecule has 0 unspecified atom stereocenters. The van der Waals surface area contributed by atoms with Crippen LogP contribution in [0.2, 0.25) is 0 Å². The molecule has 2 aliphatic rings. The fourth-order valence-corrected chi connectivity index (χ4v) is 5.70. The number of thiophene rings is 1. The van der Waals surface area contributed by atoms with Crippen LogP contribution in [-0.2, 0) is 17.8 Å². The van der Waals surface area contributed by atoms with Crippen LogP contribution >= 0.6 is 11.3 Å². The lowest BCUT2D eigenvalue weighted by atomic mass is 9.93. The number of aromatic nitrogens is 4. The molecule has 3 aromatic heterocycles. The van der Waals surface area contributed by atoms with Crippen LogP contribution in [0.25, 0.3) is 16.2 Å². The minimum Gasteiger partial charge on any atom is -0.370 e. The Morgan fingerprint density at radius 3 is 2.69 bits per heavy atom. The van der Waals surface area contributed by atoms with Crippen LogP contribution in [0.1, 0.15) is 67.8 Å². The van der Waals surface area contributed by atoms with E-state index in [1.54, 1.807) is 11.3 Å². The topological polar surface area (TPSA) is 64.9 Å². The van der Waals surface area contributed by atoms with Gasteiger partial charge in [-0.1, -0.05) is 19.3 Å². The van der Waals surface area contributed by atoms with Gasteiger partial charge in [-0.2, -0.15) is 15.1 Å². The maximum absolute atomic E-state index is 6.07. The maximum Gasteiger partial charge on any atom is 0.254 e. The highest BCUT2D eigenvalue weighted by Crippen LogP contribution is 2.41. The van der Waals surface area contributed by atoms with Crippen molar-refractivity contribution in [3.63, 3.8) is 0 Å². The van der Waals surface area contributed by atoms with Crippen LogP contribution in [0.5, 0.6) is 0 Å². The van der Waals surface area contributed by atoms with Gasteiger partial charge in [-0.05, 0) is 52.2 Å². The van der Waals surface area contributed by atoms with E-state index in [4.69, 9.17) is 14.7 Å². The van der Waals surface area contributed by atoms with E-state index in [0.717, 1.165) is 28.5 Å². The highest BCUT2D eigenvalue weighted by molar-refractivity contribution is 7.19. The molecule has 1 fully saturated rings. The van der Waals surface area contributed by atoms with Gasteiger partial charge in [-0.3, -0.25) is 0 Å². The van der Waals surface area contributed by atoms with E-state index >= 15 is 0 Å². The van der Waals surface area contributed by atoms with Crippen LogP contribution in [0.15, 0.2) is 6.07 Å². The van der Waals surface area contributed by atoms with Crippen LogP contribution in [-0.4, -0.2) is 31.4 Å². The summed E-state index contributed by atoms with van der Waals surface area (Å²) in [7, 11) is 0. The first kappa shape index (κ1) is 19.0. The van der Waals surface area contributed by atoms with Gasteiger partial charge in [0.25, 0.3) is 5.95 Å². The Morgan fingerprint density at radius 1 is 1.17 bits per heavy atom. The van der Waals surface area contributed by atoms with Gasteiger partial charge in [0, 0.05) is 23.0 Å². The summed E-state index contributed by atoms with van der Waals surface area (Å²) >= 11 is 1.74. The largest absolute Gasteiger partial charge is 0.370 e. The van der Waals surface area contributed by atoms with Gasteiger partial charge < -0.3 is 10.1 Å². The van der Waals surface area contributed by atoms with Crippen molar-refractivity contribution in [3.8, 4) is 5.95 Å². The number of anilines is 1. The fraction of sp³-hybridized carbons (Fsp3) is 0.591. The SMILES string of the molecule is Cc1cc(C)n(-c2nc(NC3CCCCC3)c3c4c(sc3n2)COC(C)(C)C4)n1. The third-order valence-electron chi connectivity index (χ3n) is 6.06. The Bertz CT molecular complexity index is 1060. The molecule has 29 heavy (non-hydrogen) atoms. The number of aryl methyl sites for hydroxylation is 2. The first-order valence-corrected chi connectivity index (χ1v) is 11.5. The van der Waals surface area contributed by atoms with Crippen LogP contribution in [0, 0.1) is 13.8 Å². The zero-order chi connectivity index (χ0) is 20.2. The third kappa shape index (κ3) is 3.55. The van der Waals surface area contributed by atoms with Gasteiger partial charge in [0.2, 0.25) is 0 Å². The summed E-state index contributed by atoms with van der Waals surface area (Å²) in [6, 6.07) is 2.55. The van der Waals surface area contributed by atoms with Crippen molar-refractivity contribution in [2.24, 2.45) is 0 Å². The Kier molecular flexibility index (Phi) is 4.62. The number of ether oxygens (including phenoxy) is 1. The molecular formula is C22H29N5OS.